The highest BCUT2D eigenvalue weighted by Crippen LogP contribution is 2.36. The van der Waals surface area contributed by atoms with Crippen LogP contribution in [-0.4, -0.2) is 34.6 Å². The van der Waals surface area contributed by atoms with Crippen molar-refractivity contribution in [1.82, 2.24) is 4.98 Å². The number of fused-ring (bicyclic) bond motifs is 1. The molecule has 0 amide bonds. The van der Waals surface area contributed by atoms with Crippen LogP contribution < -0.4 is 5.32 Å². The molecule has 3 N–H and O–H groups in total. The van der Waals surface area contributed by atoms with Crippen LogP contribution in [0.3, 0.4) is 0 Å². The van der Waals surface area contributed by atoms with Gasteiger partial charge in [0, 0.05) is 23.9 Å². The maximum absolute atomic E-state index is 9.85. The summed E-state index contributed by atoms with van der Waals surface area (Å²) >= 11 is 1.34. The number of nitrogens with one attached hydrogen (secondary N) is 1. The Morgan fingerprint density at radius 1 is 1.30 bits per heavy atom. The fraction of sp³-hybridized carbons (Fsp3) is 0.143. The molecule has 0 unspecified atom stereocenters. The first-order valence-electron chi connectivity index (χ1n) is 6.17. The standard InChI is InChI=1S/C14H13N3O2S/c18-6-5-15-14-17-13(19)12(20-14)7-9-8-16-11-4-2-1-3-10(9)11/h1-4,7-8,18-19H,5-6H2,(H,15,17). The van der Waals surface area contributed by atoms with E-state index in [4.69, 9.17) is 5.11 Å². The van der Waals surface area contributed by atoms with Crippen LogP contribution in [0.1, 0.15) is 10.4 Å². The van der Waals surface area contributed by atoms with Crippen LogP contribution in [0.2, 0.25) is 0 Å². The molecule has 6 heteroatoms. The number of aliphatic hydroxyl groups is 1. The molecule has 1 aliphatic rings. The van der Waals surface area contributed by atoms with Gasteiger partial charge in [-0.2, -0.15) is 4.98 Å². The van der Waals surface area contributed by atoms with Crippen LogP contribution in [0, 0.1) is 0 Å². The van der Waals surface area contributed by atoms with E-state index in [0.29, 0.717) is 16.6 Å². The zero-order chi connectivity index (χ0) is 13.9. The van der Waals surface area contributed by atoms with Gasteiger partial charge < -0.3 is 15.5 Å². The van der Waals surface area contributed by atoms with Crippen molar-refractivity contribution in [3.8, 4) is 5.88 Å². The van der Waals surface area contributed by atoms with Crippen LogP contribution in [-0.2, 0) is 0 Å². The maximum Gasteiger partial charge on any atom is 0.231 e. The number of aromatic nitrogens is 1. The van der Waals surface area contributed by atoms with Gasteiger partial charge in [0.25, 0.3) is 0 Å². The summed E-state index contributed by atoms with van der Waals surface area (Å²) in [4.78, 5) is 9.00. The second kappa shape index (κ2) is 5.44. The van der Waals surface area contributed by atoms with Gasteiger partial charge in [-0.1, -0.05) is 29.5 Å². The summed E-state index contributed by atoms with van der Waals surface area (Å²) in [7, 11) is 0. The normalized spacial score (nSPS) is 14.8. The molecule has 0 saturated carbocycles. The third-order valence-corrected chi connectivity index (χ3v) is 3.82. The number of hydrogen-bond donors (Lipinski definition) is 3. The lowest BCUT2D eigenvalue weighted by atomic mass is 10.1. The molecule has 3 rings (SSSR count). The fourth-order valence-corrected chi connectivity index (χ4v) is 2.79. The lowest BCUT2D eigenvalue weighted by Crippen LogP contribution is -2.04. The molecular weight excluding hydrogens is 274 g/mol. The summed E-state index contributed by atoms with van der Waals surface area (Å²) in [6.45, 7) is 0.435. The van der Waals surface area contributed by atoms with Gasteiger partial charge in [-0.05, 0) is 12.1 Å². The average molecular weight is 287 g/mol. The first-order valence-corrected chi connectivity index (χ1v) is 6.99. The van der Waals surface area contributed by atoms with E-state index in [-0.39, 0.29) is 12.5 Å². The second-order valence-electron chi connectivity index (χ2n) is 4.23. The molecule has 0 atom stereocenters. The highest BCUT2D eigenvalue weighted by molar-refractivity contribution is 7.16. The molecule has 0 saturated heterocycles. The van der Waals surface area contributed by atoms with Gasteiger partial charge in [0.15, 0.2) is 5.13 Å². The number of nitrogens with zero attached hydrogens (tertiary/aromatic N) is 2. The Labute approximate surface area is 120 Å². The van der Waals surface area contributed by atoms with Crippen molar-refractivity contribution in [2.24, 2.45) is 4.99 Å². The summed E-state index contributed by atoms with van der Waals surface area (Å²) in [5.74, 6) is -0.0132. The van der Waals surface area contributed by atoms with E-state index in [9.17, 15) is 5.11 Å². The van der Waals surface area contributed by atoms with Crippen molar-refractivity contribution in [2.45, 2.75) is 0 Å². The summed E-state index contributed by atoms with van der Waals surface area (Å²) in [6, 6.07) is 7.85. The van der Waals surface area contributed by atoms with E-state index in [1.54, 1.807) is 6.21 Å². The molecule has 0 bridgehead atoms. The molecule has 2 aromatic rings. The predicted molar refractivity (Wildman–Crippen MR) is 81.8 cm³/mol. The lowest BCUT2D eigenvalue weighted by Gasteiger charge is -1.97. The van der Waals surface area contributed by atoms with E-state index in [1.165, 1.54) is 11.3 Å². The van der Waals surface area contributed by atoms with Gasteiger partial charge in [-0.25, -0.2) is 0 Å². The van der Waals surface area contributed by atoms with Gasteiger partial charge in [-0.15, -0.1) is 0 Å². The highest BCUT2D eigenvalue weighted by Gasteiger charge is 2.14. The Bertz CT molecular complexity index is 691. The second-order valence-corrected chi connectivity index (χ2v) is 5.26. The monoisotopic (exact) mass is 287 g/mol. The van der Waals surface area contributed by atoms with Crippen molar-refractivity contribution in [1.29, 1.82) is 0 Å². The molecule has 20 heavy (non-hydrogen) atoms. The van der Waals surface area contributed by atoms with Crippen molar-refractivity contribution in [2.75, 3.05) is 18.5 Å². The van der Waals surface area contributed by atoms with Crippen LogP contribution in [0.4, 0.5) is 10.8 Å². The molecule has 1 aliphatic heterocycles. The van der Waals surface area contributed by atoms with E-state index in [2.05, 4.69) is 15.3 Å². The number of para-hydroxylation sites is 1. The molecular formula is C14H13N3O2S. The summed E-state index contributed by atoms with van der Waals surface area (Å²) in [6.07, 6.45) is 3.65. The van der Waals surface area contributed by atoms with Crippen LogP contribution in [0.25, 0.3) is 11.6 Å². The van der Waals surface area contributed by atoms with Crippen LogP contribution in [0.15, 0.2) is 29.3 Å². The predicted octanol–water partition coefficient (Wildman–Crippen LogP) is 2.51. The fourth-order valence-electron chi connectivity index (χ4n) is 1.95. The van der Waals surface area contributed by atoms with Crippen molar-refractivity contribution < 1.29 is 10.2 Å². The van der Waals surface area contributed by atoms with Crippen LogP contribution in [0.5, 0.6) is 5.88 Å². The number of aromatic hydroxyl groups is 1. The van der Waals surface area contributed by atoms with Crippen molar-refractivity contribution in [3.63, 3.8) is 0 Å². The van der Waals surface area contributed by atoms with Gasteiger partial charge in [0.2, 0.25) is 5.88 Å². The number of benzene rings is 1. The molecule has 1 aromatic heterocycles. The SMILES string of the molecule is OCCNc1nc(O)c(C=C2C=Nc3ccccc32)s1. The highest BCUT2D eigenvalue weighted by atomic mass is 32.1. The van der Waals surface area contributed by atoms with E-state index in [0.717, 1.165) is 16.8 Å². The third kappa shape index (κ3) is 2.43. The zero-order valence-corrected chi connectivity index (χ0v) is 11.4. The molecule has 1 aromatic carbocycles. The Hall–Kier alpha value is -2.18. The minimum absolute atomic E-state index is 0.0132. The summed E-state index contributed by atoms with van der Waals surface area (Å²) < 4.78 is 0. The minimum atomic E-state index is -0.0132. The van der Waals surface area contributed by atoms with E-state index in [1.807, 2.05) is 30.3 Å². The van der Waals surface area contributed by atoms with Crippen molar-refractivity contribution in [3.05, 3.63) is 34.7 Å². The molecule has 5 nitrogen and oxygen atoms in total. The van der Waals surface area contributed by atoms with Gasteiger partial charge in [0.1, 0.15) is 0 Å². The molecule has 0 aliphatic carbocycles. The van der Waals surface area contributed by atoms with E-state index >= 15 is 0 Å². The van der Waals surface area contributed by atoms with Crippen LogP contribution >= 0.6 is 11.3 Å². The molecule has 0 fully saturated rings. The molecule has 0 radical (unpaired) electrons. The van der Waals surface area contributed by atoms with Gasteiger partial charge >= 0.3 is 0 Å². The Morgan fingerprint density at radius 3 is 3.00 bits per heavy atom. The average Bonchev–Trinajstić information content (AvgIpc) is 3.02. The Morgan fingerprint density at radius 2 is 2.15 bits per heavy atom. The first-order chi connectivity index (χ1) is 9.78. The largest absolute Gasteiger partial charge is 0.492 e. The minimum Gasteiger partial charge on any atom is -0.492 e. The van der Waals surface area contributed by atoms with Gasteiger partial charge in [0.05, 0.1) is 17.2 Å². The smallest absolute Gasteiger partial charge is 0.231 e. The summed E-state index contributed by atoms with van der Waals surface area (Å²) in [5, 5.41) is 22.1. The summed E-state index contributed by atoms with van der Waals surface area (Å²) in [5.41, 5.74) is 2.93. The number of thiazole rings is 1. The molecule has 0 spiro atoms. The lowest BCUT2D eigenvalue weighted by molar-refractivity contribution is 0.311. The number of allylic oxidation sites excluding steroid dienone is 1. The molecule has 102 valence electrons. The number of rotatable bonds is 4. The topological polar surface area (TPSA) is 77.7 Å². The van der Waals surface area contributed by atoms with E-state index < -0.39 is 0 Å². The quantitative estimate of drug-likeness (QED) is 0.807. The number of hydrogen-bond acceptors (Lipinski definition) is 6. The zero-order valence-electron chi connectivity index (χ0n) is 10.6. The molecule has 2 heterocycles. The third-order valence-electron chi connectivity index (χ3n) is 2.87. The maximum atomic E-state index is 9.85. The Kier molecular flexibility index (Phi) is 3.49. The number of anilines is 1. The first kappa shape index (κ1) is 12.8. The number of aliphatic hydroxyl groups excluding tert-OH is 1. The van der Waals surface area contributed by atoms with Gasteiger partial charge in [-0.3, -0.25) is 4.99 Å². The Balaban J connectivity index is 1.90. The van der Waals surface area contributed by atoms with Crippen molar-refractivity contribution >= 4 is 40.0 Å². The number of aliphatic imine (C=N–C) groups is 1.